The maximum absolute atomic E-state index is 5.01. The number of nitrogens with zero attached hydrogens (tertiary/aromatic N) is 1. The topological polar surface area (TPSA) is 34.1 Å². The monoisotopic (exact) mass is 222 g/mol. The first-order valence-electron chi connectivity index (χ1n) is 5.94. The smallest absolute Gasteiger partial charge is 0.0462 e. The Bertz CT molecular complexity index is 264. The molecule has 3 nitrogen and oxygen atoms in total. The Morgan fingerprint density at radius 2 is 2.06 bits per heavy atom. The zero-order chi connectivity index (χ0) is 11.6. The average Bonchev–Trinajstić information content (AvgIpc) is 2.30. The van der Waals surface area contributed by atoms with Gasteiger partial charge < -0.3 is 10.1 Å². The lowest BCUT2D eigenvalue weighted by Gasteiger charge is -2.13. The third-order valence-electron chi connectivity index (χ3n) is 2.56. The summed E-state index contributed by atoms with van der Waals surface area (Å²) < 4.78 is 5.01. The van der Waals surface area contributed by atoms with E-state index in [2.05, 4.69) is 29.4 Å². The fraction of sp³-hybridized carbons (Fsp3) is 0.615. The normalized spacial score (nSPS) is 12.6. The van der Waals surface area contributed by atoms with E-state index >= 15 is 0 Å². The molecule has 0 saturated heterocycles. The fourth-order valence-electron chi connectivity index (χ4n) is 1.66. The highest BCUT2D eigenvalue weighted by Gasteiger charge is 2.01. The molecule has 0 spiro atoms. The zero-order valence-corrected chi connectivity index (χ0v) is 10.3. The molecule has 1 rings (SSSR count). The van der Waals surface area contributed by atoms with E-state index in [4.69, 9.17) is 4.74 Å². The maximum Gasteiger partial charge on any atom is 0.0462 e. The lowest BCUT2D eigenvalue weighted by molar-refractivity contribution is 0.192. The third-order valence-corrected chi connectivity index (χ3v) is 2.56. The van der Waals surface area contributed by atoms with E-state index in [1.807, 2.05) is 12.4 Å². The van der Waals surface area contributed by atoms with Gasteiger partial charge in [-0.25, -0.2) is 0 Å². The lowest BCUT2D eigenvalue weighted by atomic mass is 10.1. The number of ether oxygens (including phenoxy) is 1. The summed E-state index contributed by atoms with van der Waals surface area (Å²) in [4.78, 5) is 4.01. The highest BCUT2D eigenvalue weighted by Crippen LogP contribution is 2.01. The second-order valence-electron chi connectivity index (χ2n) is 4.11. The van der Waals surface area contributed by atoms with Gasteiger partial charge >= 0.3 is 0 Å². The molecule has 90 valence electrons. The summed E-state index contributed by atoms with van der Waals surface area (Å²) in [5.41, 5.74) is 1.34. The molecule has 0 aromatic carbocycles. The Kier molecular flexibility index (Phi) is 6.77. The van der Waals surface area contributed by atoms with E-state index in [-0.39, 0.29) is 0 Å². The number of hydrogen-bond donors (Lipinski definition) is 1. The van der Waals surface area contributed by atoms with Crippen LogP contribution >= 0.6 is 0 Å². The van der Waals surface area contributed by atoms with Crippen molar-refractivity contribution < 1.29 is 4.74 Å². The van der Waals surface area contributed by atoms with E-state index < -0.39 is 0 Å². The zero-order valence-electron chi connectivity index (χ0n) is 10.3. The molecule has 1 atom stereocenters. The molecule has 1 aromatic rings. The van der Waals surface area contributed by atoms with Crippen molar-refractivity contribution in [1.29, 1.82) is 0 Å². The Labute approximate surface area is 98.2 Å². The van der Waals surface area contributed by atoms with Crippen LogP contribution in [0.4, 0.5) is 0 Å². The molecule has 1 unspecified atom stereocenters. The third kappa shape index (κ3) is 5.83. The SMILES string of the molecule is COCCCCNC(C)Cc1ccncc1. The van der Waals surface area contributed by atoms with Crippen molar-refractivity contribution in [2.75, 3.05) is 20.3 Å². The Balaban J connectivity index is 2.09. The van der Waals surface area contributed by atoms with Gasteiger partial charge in [0.1, 0.15) is 0 Å². The summed E-state index contributed by atoms with van der Waals surface area (Å²) in [5, 5.41) is 3.51. The highest BCUT2D eigenvalue weighted by atomic mass is 16.5. The van der Waals surface area contributed by atoms with Gasteiger partial charge in [-0.05, 0) is 50.4 Å². The summed E-state index contributed by atoms with van der Waals surface area (Å²) >= 11 is 0. The standard InChI is InChI=1S/C13H22N2O/c1-12(15-7-3-4-10-16-2)11-13-5-8-14-9-6-13/h5-6,8-9,12,15H,3-4,7,10-11H2,1-2H3. The molecular formula is C13H22N2O. The molecular weight excluding hydrogens is 200 g/mol. The van der Waals surface area contributed by atoms with Gasteiger partial charge in [0.2, 0.25) is 0 Å². The van der Waals surface area contributed by atoms with Crippen molar-refractivity contribution in [2.24, 2.45) is 0 Å². The van der Waals surface area contributed by atoms with Crippen molar-refractivity contribution in [2.45, 2.75) is 32.2 Å². The van der Waals surface area contributed by atoms with Crippen LogP contribution in [-0.4, -0.2) is 31.3 Å². The summed E-state index contributed by atoms with van der Waals surface area (Å²) in [5.74, 6) is 0. The predicted octanol–water partition coefficient (Wildman–Crippen LogP) is 2.03. The second-order valence-corrected chi connectivity index (χ2v) is 4.11. The molecule has 0 amide bonds. The number of hydrogen-bond acceptors (Lipinski definition) is 3. The first kappa shape index (κ1) is 13.1. The second kappa shape index (κ2) is 8.25. The average molecular weight is 222 g/mol. The first-order chi connectivity index (χ1) is 7.83. The molecule has 1 aromatic heterocycles. The number of aromatic nitrogens is 1. The minimum absolute atomic E-state index is 0.518. The van der Waals surface area contributed by atoms with Gasteiger partial charge in [0.15, 0.2) is 0 Å². The van der Waals surface area contributed by atoms with Crippen LogP contribution in [0.25, 0.3) is 0 Å². The van der Waals surface area contributed by atoms with E-state index in [1.54, 1.807) is 7.11 Å². The molecule has 0 aliphatic carbocycles. The number of methoxy groups -OCH3 is 1. The van der Waals surface area contributed by atoms with Crippen molar-refractivity contribution >= 4 is 0 Å². The van der Waals surface area contributed by atoms with Crippen molar-refractivity contribution in [1.82, 2.24) is 10.3 Å². The molecule has 0 bridgehead atoms. The molecule has 0 fully saturated rings. The summed E-state index contributed by atoms with van der Waals surface area (Å²) in [7, 11) is 1.75. The van der Waals surface area contributed by atoms with Crippen LogP contribution in [-0.2, 0) is 11.2 Å². The van der Waals surface area contributed by atoms with E-state index in [0.717, 1.165) is 26.0 Å². The van der Waals surface area contributed by atoms with E-state index in [9.17, 15) is 0 Å². The number of rotatable bonds is 8. The minimum Gasteiger partial charge on any atom is -0.385 e. The number of nitrogens with one attached hydrogen (secondary N) is 1. The van der Waals surface area contributed by atoms with Gasteiger partial charge in [-0.3, -0.25) is 4.98 Å². The van der Waals surface area contributed by atoms with E-state index in [1.165, 1.54) is 12.0 Å². The Morgan fingerprint density at radius 1 is 1.31 bits per heavy atom. The van der Waals surface area contributed by atoms with Gasteiger partial charge in [0.05, 0.1) is 0 Å². The Morgan fingerprint density at radius 3 is 2.75 bits per heavy atom. The van der Waals surface area contributed by atoms with Crippen LogP contribution in [0.1, 0.15) is 25.3 Å². The van der Waals surface area contributed by atoms with Gasteiger partial charge in [-0.15, -0.1) is 0 Å². The maximum atomic E-state index is 5.01. The number of pyridine rings is 1. The van der Waals surface area contributed by atoms with Crippen LogP contribution in [0.15, 0.2) is 24.5 Å². The lowest BCUT2D eigenvalue weighted by Crippen LogP contribution is -2.29. The van der Waals surface area contributed by atoms with Crippen LogP contribution < -0.4 is 5.32 Å². The van der Waals surface area contributed by atoms with Crippen molar-refractivity contribution in [3.8, 4) is 0 Å². The number of unbranched alkanes of at least 4 members (excludes halogenated alkanes) is 1. The van der Waals surface area contributed by atoms with Crippen molar-refractivity contribution in [3.63, 3.8) is 0 Å². The van der Waals surface area contributed by atoms with Gasteiger partial charge in [-0.2, -0.15) is 0 Å². The minimum atomic E-state index is 0.518. The summed E-state index contributed by atoms with van der Waals surface area (Å²) in [6, 6.07) is 4.66. The van der Waals surface area contributed by atoms with Gasteiger partial charge in [-0.1, -0.05) is 0 Å². The van der Waals surface area contributed by atoms with Gasteiger partial charge in [0, 0.05) is 32.2 Å². The largest absolute Gasteiger partial charge is 0.385 e. The van der Waals surface area contributed by atoms with Gasteiger partial charge in [0.25, 0.3) is 0 Å². The molecule has 1 N–H and O–H groups in total. The summed E-state index contributed by atoms with van der Waals surface area (Å²) in [6.07, 6.45) is 7.06. The molecule has 0 aliphatic rings. The van der Waals surface area contributed by atoms with E-state index in [0.29, 0.717) is 6.04 Å². The molecule has 0 saturated carbocycles. The molecule has 0 radical (unpaired) electrons. The van der Waals surface area contributed by atoms with Crippen LogP contribution in [0.5, 0.6) is 0 Å². The highest BCUT2D eigenvalue weighted by molar-refractivity contribution is 5.10. The molecule has 3 heteroatoms. The van der Waals surface area contributed by atoms with Crippen LogP contribution in [0.2, 0.25) is 0 Å². The van der Waals surface area contributed by atoms with Crippen LogP contribution in [0, 0.1) is 0 Å². The van der Waals surface area contributed by atoms with Crippen molar-refractivity contribution in [3.05, 3.63) is 30.1 Å². The Hall–Kier alpha value is -0.930. The molecule has 16 heavy (non-hydrogen) atoms. The quantitative estimate of drug-likeness (QED) is 0.683. The fourth-order valence-corrected chi connectivity index (χ4v) is 1.66. The summed E-state index contributed by atoms with van der Waals surface area (Å²) in [6.45, 7) is 4.15. The molecule has 1 heterocycles. The van der Waals surface area contributed by atoms with Crippen LogP contribution in [0.3, 0.4) is 0 Å². The predicted molar refractivity (Wildman–Crippen MR) is 66.5 cm³/mol. The first-order valence-corrected chi connectivity index (χ1v) is 5.94. The molecule has 0 aliphatic heterocycles.